The van der Waals surface area contributed by atoms with Gasteiger partial charge < -0.3 is 4.74 Å². The van der Waals surface area contributed by atoms with Gasteiger partial charge in [0.05, 0.1) is 11.0 Å². The molecule has 0 spiro atoms. The number of ether oxygens (including phenoxy) is 1. The van der Waals surface area contributed by atoms with Crippen LogP contribution in [0.25, 0.3) is 0 Å². The largest absolute Gasteiger partial charge is 0.389 e. The first-order valence-corrected chi connectivity index (χ1v) is 6.82. The van der Waals surface area contributed by atoms with E-state index in [1.54, 1.807) is 0 Å². The molecule has 96 valence electrons. The predicted molar refractivity (Wildman–Crippen MR) is 66.6 cm³/mol. The second-order valence-electron chi connectivity index (χ2n) is 5.69. The number of cyclic esters (lactones) is 2. The van der Waals surface area contributed by atoms with Gasteiger partial charge in [-0.25, -0.2) is 4.79 Å². The SMILES string of the molecule is CC12CCCC(C3=CCCCC3)=C1C(=O)OC2=O. The van der Waals surface area contributed by atoms with Crippen molar-refractivity contribution in [1.82, 2.24) is 0 Å². The van der Waals surface area contributed by atoms with Gasteiger partial charge >= 0.3 is 11.9 Å². The number of hydrogen-bond acceptors (Lipinski definition) is 3. The molecule has 3 heteroatoms. The van der Waals surface area contributed by atoms with E-state index < -0.39 is 11.4 Å². The smallest absolute Gasteiger partial charge is 0.343 e. The first-order chi connectivity index (χ1) is 8.63. The zero-order valence-electron chi connectivity index (χ0n) is 10.8. The van der Waals surface area contributed by atoms with Gasteiger partial charge in [-0.1, -0.05) is 6.08 Å². The molecule has 1 heterocycles. The predicted octanol–water partition coefficient (Wildman–Crippen LogP) is 3.06. The van der Waals surface area contributed by atoms with E-state index >= 15 is 0 Å². The fraction of sp³-hybridized carbons (Fsp3) is 0.600. The first-order valence-electron chi connectivity index (χ1n) is 6.82. The third kappa shape index (κ3) is 1.57. The van der Waals surface area contributed by atoms with Crippen LogP contribution in [0.1, 0.15) is 51.9 Å². The monoisotopic (exact) mass is 246 g/mol. The van der Waals surface area contributed by atoms with E-state index in [9.17, 15) is 9.59 Å². The van der Waals surface area contributed by atoms with Crippen molar-refractivity contribution in [1.29, 1.82) is 0 Å². The Morgan fingerprint density at radius 1 is 1.17 bits per heavy atom. The summed E-state index contributed by atoms with van der Waals surface area (Å²) in [7, 11) is 0. The molecule has 3 nitrogen and oxygen atoms in total. The topological polar surface area (TPSA) is 43.4 Å². The van der Waals surface area contributed by atoms with Crippen LogP contribution < -0.4 is 0 Å². The van der Waals surface area contributed by atoms with Gasteiger partial charge in [0, 0.05) is 0 Å². The molecule has 0 aromatic rings. The Bertz CT molecular complexity index is 484. The molecule has 0 radical (unpaired) electrons. The van der Waals surface area contributed by atoms with Gasteiger partial charge in [-0.3, -0.25) is 4.79 Å². The van der Waals surface area contributed by atoms with Gasteiger partial charge in [-0.05, 0) is 63.0 Å². The molecule has 0 N–H and O–H groups in total. The van der Waals surface area contributed by atoms with Crippen molar-refractivity contribution in [3.8, 4) is 0 Å². The average Bonchev–Trinajstić information content (AvgIpc) is 2.61. The second-order valence-corrected chi connectivity index (χ2v) is 5.69. The van der Waals surface area contributed by atoms with Crippen LogP contribution in [0, 0.1) is 5.41 Å². The molecule has 2 aliphatic carbocycles. The summed E-state index contributed by atoms with van der Waals surface area (Å²) in [6, 6.07) is 0. The van der Waals surface area contributed by atoms with Crippen LogP contribution in [0.3, 0.4) is 0 Å². The second kappa shape index (κ2) is 4.08. The van der Waals surface area contributed by atoms with Gasteiger partial charge in [0.2, 0.25) is 0 Å². The number of fused-ring (bicyclic) bond motifs is 1. The molecule has 1 aliphatic heterocycles. The lowest BCUT2D eigenvalue weighted by molar-refractivity contribution is -0.154. The highest BCUT2D eigenvalue weighted by molar-refractivity contribution is 6.11. The van der Waals surface area contributed by atoms with E-state index in [2.05, 4.69) is 6.08 Å². The minimum Gasteiger partial charge on any atom is -0.389 e. The molecular weight excluding hydrogens is 228 g/mol. The third-order valence-electron chi connectivity index (χ3n) is 4.48. The van der Waals surface area contributed by atoms with E-state index in [0.29, 0.717) is 5.57 Å². The Morgan fingerprint density at radius 2 is 2.00 bits per heavy atom. The van der Waals surface area contributed by atoms with Crippen LogP contribution in [0.4, 0.5) is 0 Å². The van der Waals surface area contributed by atoms with E-state index in [1.165, 1.54) is 18.4 Å². The summed E-state index contributed by atoms with van der Waals surface area (Å²) < 4.78 is 4.87. The van der Waals surface area contributed by atoms with Crippen LogP contribution in [0.2, 0.25) is 0 Å². The van der Waals surface area contributed by atoms with Crippen molar-refractivity contribution in [2.45, 2.75) is 51.9 Å². The molecular formula is C15H18O3. The number of carbonyl (C=O) groups excluding carboxylic acids is 2. The number of esters is 2. The summed E-state index contributed by atoms with van der Waals surface area (Å²) in [5, 5.41) is 0. The van der Waals surface area contributed by atoms with Crippen molar-refractivity contribution >= 4 is 11.9 Å². The average molecular weight is 246 g/mol. The number of rotatable bonds is 1. The molecule has 3 aliphatic rings. The summed E-state index contributed by atoms with van der Waals surface area (Å²) in [4.78, 5) is 23.8. The Morgan fingerprint density at radius 3 is 2.72 bits per heavy atom. The van der Waals surface area contributed by atoms with E-state index in [4.69, 9.17) is 4.74 Å². The van der Waals surface area contributed by atoms with Crippen LogP contribution in [0.5, 0.6) is 0 Å². The third-order valence-corrected chi connectivity index (χ3v) is 4.48. The molecule has 0 aromatic heterocycles. The summed E-state index contributed by atoms with van der Waals surface area (Å²) in [5.41, 5.74) is 2.38. The number of allylic oxidation sites excluding steroid dienone is 3. The molecule has 0 aromatic carbocycles. The maximum atomic E-state index is 11.9. The minimum absolute atomic E-state index is 0.351. The van der Waals surface area contributed by atoms with Gasteiger partial charge in [0.25, 0.3) is 0 Å². The molecule has 1 saturated heterocycles. The highest BCUT2D eigenvalue weighted by atomic mass is 16.6. The van der Waals surface area contributed by atoms with Crippen molar-refractivity contribution in [3.63, 3.8) is 0 Å². The number of hydrogen-bond donors (Lipinski definition) is 0. The maximum Gasteiger partial charge on any atom is 0.343 e. The van der Waals surface area contributed by atoms with Crippen LogP contribution >= 0.6 is 0 Å². The normalized spacial score (nSPS) is 32.2. The Labute approximate surface area is 107 Å². The Hall–Kier alpha value is -1.38. The highest BCUT2D eigenvalue weighted by Gasteiger charge is 2.52. The first kappa shape index (κ1) is 11.7. The maximum absolute atomic E-state index is 11.9. The lowest BCUT2D eigenvalue weighted by Gasteiger charge is -2.29. The van der Waals surface area contributed by atoms with Crippen LogP contribution in [-0.4, -0.2) is 11.9 Å². The zero-order chi connectivity index (χ0) is 12.8. The van der Waals surface area contributed by atoms with E-state index in [0.717, 1.165) is 37.7 Å². The molecule has 0 amide bonds. The lowest BCUT2D eigenvalue weighted by Crippen LogP contribution is -2.28. The van der Waals surface area contributed by atoms with Gasteiger partial charge in [0.1, 0.15) is 0 Å². The van der Waals surface area contributed by atoms with E-state index in [1.807, 2.05) is 6.92 Å². The molecule has 18 heavy (non-hydrogen) atoms. The zero-order valence-corrected chi connectivity index (χ0v) is 10.8. The van der Waals surface area contributed by atoms with Crippen LogP contribution in [-0.2, 0) is 14.3 Å². The molecule has 1 unspecified atom stereocenters. The molecule has 0 bridgehead atoms. The van der Waals surface area contributed by atoms with Gasteiger partial charge in [-0.15, -0.1) is 0 Å². The van der Waals surface area contributed by atoms with Crippen molar-refractivity contribution in [3.05, 3.63) is 22.8 Å². The Kier molecular flexibility index (Phi) is 2.65. The standard InChI is InChI=1S/C15H18O3/c1-15-9-5-8-11(10-6-3-2-4-7-10)12(15)13(16)18-14(15)17/h6H,2-5,7-9H2,1H3. The van der Waals surface area contributed by atoms with E-state index in [-0.39, 0.29) is 5.97 Å². The van der Waals surface area contributed by atoms with Crippen LogP contribution in [0.15, 0.2) is 22.8 Å². The fourth-order valence-corrected chi connectivity index (χ4v) is 3.44. The quantitative estimate of drug-likeness (QED) is 0.527. The summed E-state index contributed by atoms with van der Waals surface area (Å²) >= 11 is 0. The minimum atomic E-state index is -0.678. The molecule has 1 fully saturated rings. The number of carbonyl (C=O) groups is 2. The van der Waals surface area contributed by atoms with Gasteiger partial charge in [0.15, 0.2) is 0 Å². The molecule has 1 atom stereocenters. The lowest BCUT2D eigenvalue weighted by atomic mass is 9.70. The highest BCUT2D eigenvalue weighted by Crippen LogP contribution is 2.48. The summed E-state index contributed by atoms with van der Waals surface area (Å²) in [6.07, 6.45) is 9.41. The van der Waals surface area contributed by atoms with Crippen molar-refractivity contribution in [2.24, 2.45) is 5.41 Å². The van der Waals surface area contributed by atoms with Gasteiger partial charge in [-0.2, -0.15) is 0 Å². The van der Waals surface area contributed by atoms with Crippen molar-refractivity contribution in [2.75, 3.05) is 0 Å². The summed E-state index contributed by atoms with van der Waals surface area (Å²) in [5.74, 6) is -0.750. The Balaban J connectivity index is 2.11. The molecule has 3 rings (SSSR count). The summed E-state index contributed by atoms with van der Waals surface area (Å²) in [6.45, 7) is 1.86. The fourth-order valence-electron chi connectivity index (χ4n) is 3.44. The molecule has 0 saturated carbocycles. The van der Waals surface area contributed by atoms with Crippen molar-refractivity contribution < 1.29 is 14.3 Å².